The van der Waals surface area contributed by atoms with Crippen molar-refractivity contribution < 1.29 is 19.0 Å². The van der Waals surface area contributed by atoms with E-state index in [0.717, 1.165) is 16.7 Å². The fourth-order valence-electron chi connectivity index (χ4n) is 3.39. The molecule has 0 saturated carbocycles. The first-order valence-corrected chi connectivity index (χ1v) is 8.70. The molecule has 0 spiro atoms. The summed E-state index contributed by atoms with van der Waals surface area (Å²) in [4.78, 5) is 19.4. The van der Waals surface area contributed by atoms with Crippen molar-refractivity contribution in [3.63, 3.8) is 0 Å². The zero-order valence-electron chi connectivity index (χ0n) is 16.1. The van der Waals surface area contributed by atoms with E-state index in [1.807, 2.05) is 37.4 Å². The van der Waals surface area contributed by atoms with Crippen molar-refractivity contribution in [2.24, 2.45) is 0 Å². The van der Waals surface area contributed by atoms with Crippen molar-refractivity contribution >= 4 is 11.9 Å². The number of benzene rings is 1. The second kappa shape index (κ2) is 8.22. The fraction of sp³-hybridized carbons (Fsp3) is 0.333. The molecule has 1 atom stereocenters. The third kappa shape index (κ3) is 3.95. The van der Waals surface area contributed by atoms with Gasteiger partial charge >= 0.3 is 0 Å². The van der Waals surface area contributed by atoms with Crippen molar-refractivity contribution in [2.75, 3.05) is 41.5 Å². The molecule has 1 fully saturated rings. The van der Waals surface area contributed by atoms with Crippen molar-refractivity contribution in [1.82, 2.24) is 9.88 Å². The molecule has 0 amide bonds. The summed E-state index contributed by atoms with van der Waals surface area (Å²) in [5.74, 6) is 1.55. The first kappa shape index (κ1) is 18.9. The van der Waals surface area contributed by atoms with Crippen molar-refractivity contribution in [3.05, 3.63) is 53.4 Å². The topological polar surface area (TPSA) is 60.9 Å². The Bertz CT molecular complexity index is 824. The molecule has 1 aromatic carbocycles. The molecule has 27 heavy (non-hydrogen) atoms. The van der Waals surface area contributed by atoms with Gasteiger partial charge in [0.25, 0.3) is 0 Å². The van der Waals surface area contributed by atoms with E-state index in [1.165, 1.54) is 0 Å². The minimum absolute atomic E-state index is 0.120. The average molecular weight is 368 g/mol. The maximum Gasteiger partial charge on any atom is 0.203 e. The molecule has 0 bridgehead atoms. The van der Waals surface area contributed by atoms with Crippen molar-refractivity contribution in [2.45, 2.75) is 5.92 Å². The molecule has 0 N–H and O–H groups in total. The van der Waals surface area contributed by atoms with Gasteiger partial charge in [-0.15, -0.1) is 0 Å². The number of piperidine rings is 1. The Balaban J connectivity index is 1.99. The Morgan fingerprint density at radius 2 is 1.85 bits per heavy atom. The largest absolute Gasteiger partial charge is 0.493 e. The van der Waals surface area contributed by atoms with Crippen molar-refractivity contribution in [1.29, 1.82) is 0 Å². The third-order valence-corrected chi connectivity index (χ3v) is 4.68. The molecule has 0 aliphatic carbocycles. The second-order valence-electron chi connectivity index (χ2n) is 6.53. The molecule has 1 saturated heterocycles. The van der Waals surface area contributed by atoms with Crippen LogP contribution in [0.2, 0.25) is 0 Å². The highest BCUT2D eigenvalue weighted by Gasteiger charge is 2.30. The Labute approximate surface area is 159 Å². The number of likely N-dealkylation sites (tertiary alicyclic amines) is 1. The van der Waals surface area contributed by atoms with Gasteiger partial charge < -0.3 is 19.1 Å². The zero-order valence-corrected chi connectivity index (χ0v) is 16.1. The van der Waals surface area contributed by atoms with Crippen LogP contribution in [-0.4, -0.2) is 57.1 Å². The van der Waals surface area contributed by atoms with E-state index < -0.39 is 0 Å². The smallest absolute Gasteiger partial charge is 0.203 e. The first-order chi connectivity index (χ1) is 13.1. The normalized spacial score (nSPS) is 19.2. The maximum atomic E-state index is 13.1. The van der Waals surface area contributed by atoms with Gasteiger partial charge in [0.2, 0.25) is 5.75 Å². The number of pyridine rings is 1. The number of Topliss-reactive ketones (excluding diaryl/α,β-unsaturated/α-hetero) is 1. The molecule has 1 aliphatic rings. The zero-order chi connectivity index (χ0) is 19.4. The number of nitrogens with zero attached hydrogens (tertiary/aromatic N) is 2. The molecule has 6 heteroatoms. The summed E-state index contributed by atoms with van der Waals surface area (Å²) in [6.45, 7) is 1.27. The summed E-state index contributed by atoms with van der Waals surface area (Å²) in [5.41, 5.74) is 2.50. The summed E-state index contributed by atoms with van der Waals surface area (Å²) < 4.78 is 16.2. The predicted octanol–water partition coefficient (Wildman–Crippen LogP) is 2.79. The standard InChI is InChI=1S/C21H24N2O4/c1-23-12-16(20(24)17(13-23)15-6-5-7-22-11-15)8-14-9-18(25-2)21(27-4)19(10-14)26-3/h5-11,17H,12-13H2,1-4H3. The van der Waals surface area contributed by atoms with Gasteiger partial charge in [0.1, 0.15) is 0 Å². The van der Waals surface area contributed by atoms with Crippen LogP contribution in [0.4, 0.5) is 0 Å². The van der Waals surface area contributed by atoms with Crippen LogP contribution in [0, 0.1) is 0 Å². The molecular weight excluding hydrogens is 344 g/mol. The Kier molecular flexibility index (Phi) is 5.76. The van der Waals surface area contributed by atoms with Crippen LogP contribution in [0.1, 0.15) is 17.0 Å². The van der Waals surface area contributed by atoms with E-state index in [9.17, 15) is 4.79 Å². The number of ether oxygens (including phenoxy) is 3. The van der Waals surface area contributed by atoms with Crippen LogP contribution in [0.15, 0.2) is 42.2 Å². The lowest BCUT2D eigenvalue weighted by molar-refractivity contribution is -0.118. The Morgan fingerprint density at radius 3 is 2.41 bits per heavy atom. The summed E-state index contributed by atoms with van der Waals surface area (Å²) in [6.07, 6.45) is 5.37. The van der Waals surface area contributed by atoms with Gasteiger partial charge in [0.05, 0.1) is 27.2 Å². The van der Waals surface area contributed by atoms with Crippen LogP contribution in [0.5, 0.6) is 17.2 Å². The van der Waals surface area contributed by atoms with Crippen molar-refractivity contribution in [3.8, 4) is 17.2 Å². The quantitative estimate of drug-likeness (QED) is 0.757. The lowest BCUT2D eigenvalue weighted by Gasteiger charge is -2.30. The van der Waals surface area contributed by atoms with Crippen LogP contribution >= 0.6 is 0 Å². The second-order valence-corrected chi connectivity index (χ2v) is 6.53. The lowest BCUT2D eigenvalue weighted by Crippen LogP contribution is -2.38. The number of likely N-dealkylation sites (N-methyl/N-ethyl adjacent to an activating group) is 1. The van der Waals surface area contributed by atoms with Gasteiger partial charge in [0.15, 0.2) is 17.3 Å². The van der Waals surface area contributed by atoms with Gasteiger partial charge in [-0.1, -0.05) is 6.07 Å². The van der Waals surface area contributed by atoms with E-state index in [2.05, 4.69) is 9.88 Å². The highest BCUT2D eigenvalue weighted by Crippen LogP contribution is 2.39. The number of rotatable bonds is 5. The molecule has 2 aromatic rings. The number of hydrogen-bond acceptors (Lipinski definition) is 6. The Morgan fingerprint density at radius 1 is 1.15 bits per heavy atom. The van der Waals surface area contributed by atoms with Crippen LogP contribution < -0.4 is 14.2 Å². The summed E-state index contributed by atoms with van der Waals surface area (Å²) >= 11 is 0. The average Bonchev–Trinajstić information content (AvgIpc) is 2.70. The lowest BCUT2D eigenvalue weighted by atomic mass is 9.86. The third-order valence-electron chi connectivity index (χ3n) is 4.68. The predicted molar refractivity (Wildman–Crippen MR) is 104 cm³/mol. The number of methoxy groups -OCH3 is 3. The number of ketones is 1. The van der Waals surface area contributed by atoms with Gasteiger partial charge in [0, 0.05) is 31.1 Å². The van der Waals surface area contributed by atoms with E-state index in [-0.39, 0.29) is 11.7 Å². The van der Waals surface area contributed by atoms with Gasteiger partial charge in [-0.2, -0.15) is 0 Å². The molecule has 1 aliphatic heterocycles. The summed E-state index contributed by atoms with van der Waals surface area (Å²) in [5, 5.41) is 0. The maximum absolute atomic E-state index is 13.1. The minimum atomic E-state index is -0.217. The minimum Gasteiger partial charge on any atom is -0.493 e. The monoisotopic (exact) mass is 368 g/mol. The van der Waals surface area contributed by atoms with Crippen LogP contribution in [-0.2, 0) is 4.79 Å². The molecular formula is C21H24N2O4. The van der Waals surface area contributed by atoms with Gasteiger partial charge in [-0.25, -0.2) is 0 Å². The van der Waals surface area contributed by atoms with E-state index in [1.54, 1.807) is 33.7 Å². The van der Waals surface area contributed by atoms with Gasteiger partial charge in [-0.3, -0.25) is 9.78 Å². The highest BCUT2D eigenvalue weighted by molar-refractivity contribution is 6.05. The molecule has 3 rings (SSSR count). The number of carbonyl (C=O) groups excluding carboxylic acids is 1. The van der Waals surface area contributed by atoms with E-state index in [4.69, 9.17) is 14.2 Å². The molecule has 6 nitrogen and oxygen atoms in total. The summed E-state index contributed by atoms with van der Waals surface area (Å²) in [6, 6.07) is 7.50. The number of aromatic nitrogens is 1. The van der Waals surface area contributed by atoms with Gasteiger partial charge in [-0.05, 0) is 42.4 Å². The summed E-state index contributed by atoms with van der Waals surface area (Å²) in [7, 11) is 6.73. The van der Waals surface area contributed by atoms with E-state index in [0.29, 0.717) is 30.3 Å². The Hall–Kier alpha value is -2.86. The molecule has 1 aromatic heterocycles. The SMILES string of the molecule is COc1cc(C=C2CN(C)CC(c3cccnc3)C2=O)cc(OC)c1OC. The van der Waals surface area contributed by atoms with Crippen LogP contribution in [0.25, 0.3) is 6.08 Å². The number of carbonyl (C=O) groups is 1. The molecule has 1 unspecified atom stereocenters. The molecule has 142 valence electrons. The number of hydrogen-bond donors (Lipinski definition) is 0. The van der Waals surface area contributed by atoms with E-state index >= 15 is 0 Å². The highest BCUT2D eigenvalue weighted by atomic mass is 16.5. The first-order valence-electron chi connectivity index (χ1n) is 8.70. The molecule has 2 heterocycles. The fourth-order valence-corrected chi connectivity index (χ4v) is 3.39. The molecule has 0 radical (unpaired) electrons. The van der Waals surface area contributed by atoms with Crippen LogP contribution in [0.3, 0.4) is 0 Å².